The molecule has 6 heteroatoms. The third-order valence-corrected chi connectivity index (χ3v) is 5.94. The summed E-state index contributed by atoms with van der Waals surface area (Å²) in [5, 5.41) is 0. The number of piperidine rings is 1. The van der Waals surface area contributed by atoms with Crippen LogP contribution >= 0.6 is 0 Å². The summed E-state index contributed by atoms with van der Waals surface area (Å²) in [4.78, 5) is 27.7. The summed E-state index contributed by atoms with van der Waals surface area (Å²) in [6.45, 7) is 7.90. The van der Waals surface area contributed by atoms with Gasteiger partial charge in [0, 0.05) is 31.6 Å². The molecule has 2 aliphatic heterocycles. The minimum absolute atomic E-state index is 0.0778. The number of carbonyl (C=O) groups is 2. The molecule has 1 unspecified atom stereocenters. The summed E-state index contributed by atoms with van der Waals surface area (Å²) in [5.41, 5.74) is 3.37. The SMILES string of the molecule is CCCOc1c(C2CCN(C(=O)OC)CC2)ccc2c1CCC(C)N2C(C)=O. The van der Waals surface area contributed by atoms with Gasteiger partial charge >= 0.3 is 6.09 Å². The van der Waals surface area contributed by atoms with Crippen molar-refractivity contribution >= 4 is 17.7 Å². The molecule has 28 heavy (non-hydrogen) atoms. The van der Waals surface area contributed by atoms with Gasteiger partial charge in [-0.2, -0.15) is 0 Å². The molecule has 6 nitrogen and oxygen atoms in total. The van der Waals surface area contributed by atoms with E-state index in [-0.39, 0.29) is 18.0 Å². The minimum atomic E-state index is -0.252. The molecule has 2 heterocycles. The Morgan fingerprint density at radius 2 is 1.89 bits per heavy atom. The molecule has 0 aliphatic carbocycles. The summed E-state index contributed by atoms with van der Waals surface area (Å²) in [7, 11) is 1.43. The second-order valence-corrected chi connectivity index (χ2v) is 7.84. The van der Waals surface area contributed by atoms with Gasteiger partial charge in [0.15, 0.2) is 0 Å². The number of benzene rings is 1. The van der Waals surface area contributed by atoms with Crippen LogP contribution in [0.5, 0.6) is 5.75 Å². The number of nitrogens with zero attached hydrogens (tertiary/aromatic N) is 2. The number of likely N-dealkylation sites (tertiary alicyclic amines) is 1. The number of rotatable bonds is 4. The van der Waals surface area contributed by atoms with Crippen molar-refractivity contribution in [1.82, 2.24) is 4.90 Å². The van der Waals surface area contributed by atoms with Crippen LogP contribution in [0.4, 0.5) is 10.5 Å². The fraction of sp³-hybridized carbons (Fsp3) is 0.636. The number of ether oxygens (including phenoxy) is 2. The van der Waals surface area contributed by atoms with Gasteiger partial charge in [-0.25, -0.2) is 4.79 Å². The van der Waals surface area contributed by atoms with E-state index in [1.807, 2.05) is 4.90 Å². The Labute approximate surface area is 167 Å². The Hall–Kier alpha value is -2.24. The molecule has 0 radical (unpaired) electrons. The molecular weight excluding hydrogens is 356 g/mol. The zero-order valence-electron chi connectivity index (χ0n) is 17.5. The summed E-state index contributed by atoms with van der Waals surface area (Å²) >= 11 is 0. The van der Waals surface area contributed by atoms with Gasteiger partial charge in [0.1, 0.15) is 5.75 Å². The lowest BCUT2D eigenvalue weighted by Crippen LogP contribution is -2.41. The van der Waals surface area contributed by atoms with Crippen molar-refractivity contribution in [2.45, 2.75) is 64.8 Å². The summed E-state index contributed by atoms with van der Waals surface area (Å²) in [6, 6.07) is 4.43. The van der Waals surface area contributed by atoms with Crippen LogP contribution in [0.25, 0.3) is 0 Å². The Balaban J connectivity index is 1.92. The molecule has 0 saturated carbocycles. The highest BCUT2D eigenvalue weighted by atomic mass is 16.5. The first-order chi connectivity index (χ1) is 13.5. The molecule has 2 amide bonds. The number of hydrogen-bond donors (Lipinski definition) is 0. The van der Waals surface area contributed by atoms with Crippen molar-refractivity contribution in [2.75, 3.05) is 31.7 Å². The zero-order chi connectivity index (χ0) is 20.3. The third kappa shape index (κ3) is 3.96. The number of amides is 2. The van der Waals surface area contributed by atoms with Gasteiger partial charge in [-0.1, -0.05) is 13.0 Å². The van der Waals surface area contributed by atoms with Crippen molar-refractivity contribution in [3.63, 3.8) is 0 Å². The van der Waals surface area contributed by atoms with E-state index in [1.54, 1.807) is 11.8 Å². The molecule has 154 valence electrons. The fourth-order valence-corrected chi connectivity index (χ4v) is 4.50. The molecule has 3 rings (SSSR count). The highest BCUT2D eigenvalue weighted by Gasteiger charge is 2.32. The lowest BCUT2D eigenvalue weighted by atomic mass is 9.85. The van der Waals surface area contributed by atoms with E-state index < -0.39 is 0 Å². The van der Waals surface area contributed by atoms with Crippen LogP contribution in [0.15, 0.2) is 12.1 Å². The highest BCUT2D eigenvalue weighted by Crippen LogP contribution is 2.43. The van der Waals surface area contributed by atoms with Crippen LogP contribution < -0.4 is 9.64 Å². The van der Waals surface area contributed by atoms with Crippen LogP contribution in [0.1, 0.15) is 63.5 Å². The molecule has 2 aliphatic rings. The Bertz CT molecular complexity index is 725. The van der Waals surface area contributed by atoms with Gasteiger partial charge in [0.05, 0.1) is 19.4 Å². The average molecular weight is 389 g/mol. The van der Waals surface area contributed by atoms with E-state index in [9.17, 15) is 9.59 Å². The second-order valence-electron chi connectivity index (χ2n) is 7.84. The number of methoxy groups -OCH3 is 1. The van der Waals surface area contributed by atoms with Gasteiger partial charge < -0.3 is 19.3 Å². The normalized spacial score (nSPS) is 19.9. The summed E-state index contributed by atoms with van der Waals surface area (Å²) in [6.07, 6.45) is 4.34. The predicted molar refractivity (Wildman–Crippen MR) is 109 cm³/mol. The van der Waals surface area contributed by atoms with E-state index >= 15 is 0 Å². The quantitative estimate of drug-likeness (QED) is 0.779. The van der Waals surface area contributed by atoms with Gasteiger partial charge in [0.2, 0.25) is 5.91 Å². The van der Waals surface area contributed by atoms with E-state index in [0.717, 1.165) is 49.1 Å². The molecule has 1 saturated heterocycles. The van der Waals surface area contributed by atoms with Gasteiger partial charge in [-0.15, -0.1) is 0 Å². The summed E-state index contributed by atoms with van der Waals surface area (Å²) < 4.78 is 11.1. The number of hydrogen-bond acceptors (Lipinski definition) is 4. The first-order valence-corrected chi connectivity index (χ1v) is 10.4. The third-order valence-electron chi connectivity index (χ3n) is 5.94. The van der Waals surface area contributed by atoms with E-state index in [2.05, 4.69) is 26.0 Å². The standard InChI is InChI=1S/C22H32N2O4/c1-5-14-28-21-18(17-10-12-23(13-11-17)22(26)27-4)8-9-20-19(21)7-6-15(2)24(20)16(3)25/h8-9,15,17H,5-7,10-14H2,1-4H3. The van der Waals surface area contributed by atoms with E-state index in [1.165, 1.54) is 12.7 Å². The maximum atomic E-state index is 12.2. The highest BCUT2D eigenvalue weighted by molar-refractivity contribution is 5.94. The molecular formula is C22H32N2O4. The van der Waals surface area contributed by atoms with Crippen LogP contribution in [0.3, 0.4) is 0 Å². The molecule has 0 spiro atoms. The number of fused-ring (bicyclic) bond motifs is 1. The summed E-state index contributed by atoms with van der Waals surface area (Å²) in [5.74, 6) is 1.39. The first-order valence-electron chi connectivity index (χ1n) is 10.4. The number of anilines is 1. The van der Waals surface area contributed by atoms with Crippen molar-refractivity contribution in [3.8, 4) is 5.75 Å². The predicted octanol–water partition coefficient (Wildman–Crippen LogP) is 4.11. The molecule has 0 aromatic heterocycles. The number of carbonyl (C=O) groups excluding carboxylic acids is 2. The van der Waals surface area contributed by atoms with Gasteiger partial charge in [0.25, 0.3) is 0 Å². The zero-order valence-corrected chi connectivity index (χ0v) is 17.5. The van der Waals surface area contributed by atoms with Crippen molar-refractivity contribution < 1.29 is 19.1 Å². The van der Waals surface area contributed by atoms with Crippen LogP contribution in [-0.4, -0.2) is 49.7 Å². The average Bonchev–Trinajstić information content (AvgIpc) is 2.70. The topological polar surface area (TPSA) is 59.1 Å². The molecule has 1 fully saturated rings. The molecule has 0 bridgehead atoms. The first kappa shape index (κ1) is 20.5. The van der Waals surface area contributed by atoms with E-state index in [0.29, 0.717) is 25.6 Å². The molecule has 0 N–H and O–H groups in total. The van der Waals surface area contributed by atoms with Crippen molar-refractivity contribution in [1.29, 1.82) is 0 Å². The fourth-order valence-electron chi connectivity index (χ4n) is 4.50. The molecule has 1 aromatic rings. The Kier molecular flexibility index (Phi) is 6.47. The van der Waals surface area contributed by atoms with Crippen molar-refractivity contribution in [3.05, 3.63) is 23.3 Å². The Morgan fingerprint density at radius 3 is 2.50 bits per heavy atom. The van der Waals surface area contributed by atoms with Crippen LogP contribution in [0.2, 0.25) is 0 Å². The monoisotopic (exact) mass is 388 g/mol. The van der Waals surface area contributed by atoms with Crippen LogP contribution in [0, 0.1) is 0 Å². The smallest absolute Gasteiger partial charge is 0.409 e. The minimum Gasteiger partial charge on any atom is -0.493 e. The lowest BCUT2D eigenvalue weighted by molar-refractivity contribution is -0.117. The maximum absolute atomic E-state index is 12.2. The molecule has 1 aromatic carbocycles. The van der Waals surface area contributed by atoms with Crippen molar-refractivity contribution in [2.24, 2.45) is 0 Å². The maximum Gasteiger partial charge on any atom is 0.409 e. The van der Waals surface area contributed by atoms with Gasteiger partial charge in [-0.05, 0) is 56.6 Å². The Morgan fingerprint density at radius 1 is 1.18 bits per heavy atom. The molecule has 1 atom stereocenters. The van der Waals surface area contributed by atoms with E-state index in [4.69, 9.17) is 9.47 Å². The largest absolute Gasteiger partial charge is 0.493 e. The second kappa shape index (κ2) is 8.84. The lowest BCUT2D eigenvalue weighted by Gasteiger charge is -2.37. The van der Waals surface area contributed by atoms with Crippen LogP contribution in [-0.2, 0) is 16.0 Å². The van der Waals surface area contributed by atoms with Gasteiger partial charge in [-0.3, -0.25) is 4.79 Å².